The number of aromatic nitrogens is 1. The monoisotopic (exact) mass is 233 g/mol. The van der Waals surface area contributed by atoms with Crippen LogP contribution in [0.1, 0.15) is 0 Å². The van der Waals surface area contributed by atoms with Gasteiger partial charge in [-0.2, -0.15) is 0 Å². The predicted octanol–water partition coefficient (Wildman–Crippen LogP) is 3.61. The lowest BCUT2D eigenvalue weighted by Gasteiger charge is -2.00. The van der Waals surface area contributed by atoms with Gasteiger partial charge in [-0.1, -0.05) is 23.2 Å². The summed E-state index contributed by atoms with van der Waals surface area (Å²) in [5.74, 6) is 0.648. The number of ether oxygens (including phenoxy) is 1. The highest BCUT2D eigenvalue weighted by Gasteiger charge is 2.07. The Labute approximate surface area is 89.1 Å². The predicted molar refractivity (Wildman–Crippen MR) is 56.2 cm³/mol. The standard InChI is InChI=1S/C8H5Cl2NOS/c1-12-6-3-7-5(2-4(6)9)11-8(10)13-7/h2-3H,1H3. The van der Waals surface area contributed by atoms with Gasteiger partial charge >= 0.3 is 0 Å². The number of rotatable bonds is 1. The Morgan fingerprint density at radius 2 is 2.15 bits per heavy atom. The molecule has 2 nitrogen and oxygen atoms in total. The SMILES string of the molecule is COc1cc2sc(Cl)nc2cc1Cl. The van der Waals surface area contributed by atoms with Crippen LogP contribution in [0, 0.1) is 0 Å². The Morgan fingerprint density at radius 1 is 1.38 bits per heavy atom. The molecule has 0 N–H and O–H groups in total. The van der Waals surface area contributed by atoms with Gasteiger partial charge in [0.05, 0.1) is 22.3 Å². The summed E-state index contributed by atoms with van der Waals surface area (Å²) in [5.41, 5.74) is 0.806. The summed E-state index contributed by atoms with van der Waals surface area (Å²) in [7, 11) is 1.58. The van der Waals surface area contributed by atoms with Crippen molar-refractivity contribution in [1.82, 2.24) is 4.98 Å². The first-order valence-electron chi connectivity index (χ1n) is 3.50. The summed E-state index contributed by atoms with van der Waals surface area (Å²) in [4.78, 5) is 4.09. The summed E-state index contributed by atoms with van der Waals surface area (Å²) >= 11 is 13.1. The van der Waals surface area contributed by atoms with Gasteiger partial charge in [0, 0.05) is 6.07 Å². The Morgan fingerprint density at radius 3 is 2.85 bits per heavy atom. The fourth-order valence-corrected chi connectivity index (χ4v) is 2.33. The molecule has 0 aliphatic heterocycles. The molecule has 0 amide bonds. The van der Waals surface area contributed by atoms with E-state index in [0.29, 0.717) is 15.2 Å². The van der Waals surface area contributed by atoms with Crippen LogP contribution in [0.4, 0.5) is 0 Å². The van der Waals surface area contributed by atoms with Crippen LogP contribution in [-0.4, -0.2) is 12.1 Å². The second kappa shape index (κ2) is 3.33. The van der Waals surface area contributed by atoms with Crippen molar-refractivity contribution in [2.75, 3.05) is 7.11 Å². The molecule has 0 fully saturated rings. The normalized spacial score (nSPS) is 10.7. The zero-order chi connectivity index (χ0) is 9.42. The molecule has 1 heterocycles. The molecule has 0 spiro atoms. The number of fused-ring (bicyclic) bond motifs is 1. The number of nitrogens with zero attached hydrogens (tertiary/aromatic N) is 1. The molecule has 0 saturated heterocycles. The molecule has 5 heteroatoms. The van der Waals surface area contributed by atoms with Crippen molar-refractivity contribution in [3.05, 3.63) is 21.6 Å². The minimum Gasteiger partial charge on any atom is -0.495 e. The van der Waals surface area contributed by atoms with Crippen molar-refractivity contribution in [2.24, 2.45) is 0 Å². The quantitative estimate of drug-likeness (QED) is 0.751. The van der Waals surface area contributed by atoms with E-state index in [4.69, 9.17) is 27.9 Å². The average molecular weight is 234 g/mol. The molecule has 0 aliphatic rings. The van der Waals surface area contributed by atoms with E-state index in [1.807, 2.05) is 6.07 Å². The fourth-order valence-electron chi connectivity index (χ4n) is 1.06. The van der Waals surface area contributed by atoms with Gasteiger partial charge in [0.15, 0.2) is 4.47 Å². The lowest BCUT2D eigenvalue weighted by molar-refractivity contribution is 0.415. The minimum atomic E-state index is 0.513. The molecule has 0 atom stereocenters. The molecule has 0 saturated carbocycles. The third kappa shape index (κ3) is 1.59. The van der Waals surface area contributed by atoms with Gasteiger partial charge in [-0.3, -0.25) is 0 Å². The maximum absolute atomic E-state index is 5.91. The van der Waals surface area contributed by atoms with Gasteiger partial charge in [-0.05, 0) is 6.07 Å². The number of thiazole rings is 1. The Balaban J connectivity index is 2.72. The van der Waals surface area contributed by atoms with Gasteiger partial charge in [-0.25, -0.2) is 4.98 Å². The van der Waals surface area contributed by atoms with Crippen molar-refractivity contribution >= 4 is 44.8 Å². The maximum atomic E-state index is 5.91. The first-order chi connectivity index (χ1) is 6.20. The highest BCUT2D eigenvalue weighted by molar-refractivity contribution is 7.22. The van der Waals surface area contributed by atoms with E-state index in [1.165, 1.54) is 11.3 Å². The van der Waals surface area contributed by atoms with Gasteiger partial charge < -0.3 is 4.74 Å². The molecule has 0 bridgehead atoms. The average Bonchev–Trinajstić information content (AvgIpc) is 2.42. The van der Waals surface area contributed by atoms with E-state index in [9.17, 15) is 0 Å². The van der Waals surface area contributed by atoms with Crippen LogP contribution >= 0.6 is 34.5 Å². The van der Waals surface area contributed by atoms with Gasteiger partial charge in [0.2, 0.25) is 0 Å². The molecule has 1 aromatic heterocycles. The van der Waals surface area contributed by atoms with Crippen LogP contribution in [0.3, 0.4) is 0 Å². The molecule has 0 unspecified atom stereocenters. The molecule has 68 valence electrons. The Hall–Kier alpha value is -0.510. The molecule has 13 heavy (non-hydrogen) atoms. The number of methoxy groups -OCH3 is 1. The van der Waals surface area contributed by atoms with E-state index < -0.39 is 0 Å². The zero-order valence-corrected chi connectivity index (χ0v) is 9.00. The summed E-state index contributed by atoms with van der Waals surface area (Å²) in [6.45, 7) is 0. The van der Waals surface area contributed by atoms with Crippen LogP contribution in [-0.2, 0) is 0 Å². The van der Waals surface area contributed by atoms with Crippen LogP contribution < -0.4 is 4.74 Å². The lowest BCUT2D eigenvalue weighted by atomic mass is 10.3. The largest absolute Gasteiger partial charge is 0.495 e. The summed E-state index contributed by atoms with van der Waals surface area (Å²) < 4.78 is 6.56. The zero-order valence-electron chi connectivity index (χ0n) is 6.67. The van der Waals surface area contributed by atoms with Gasteiger partial charge in [-0.15, -0.1) is 11.3 Å². The van der Waals surface area contributed by atoms with Gasteiger partial charge in [0.1, 0.15) is 5.75 Å². The van der Waals surface area contributed by atoms with Crippen LogP contribution in [0.2, 0.25) is 9.49 Å². The molecule has 1 aromatic carbocycles. The van der Waals surface area contributed by atoms with Crippen LogP contribution in [0.5, 0.6) is 5.75 Å². The highest BCUT2D eigenvalue weighted by atomic mass is 35.5. The Bertz CT molecular complexity index is 455. The van der Waals surface area contributed by atoms with E-state index in [1.54, 1.807) is 13.2 Å². The van der Waals surface area contributed by atoms with Crippen molar-refractivity contribution in [3.8, 4) is 5.75 Å². The highest BCUT2D eigenvalue weighted by Crippen LogP contribution is 2.33. The summed E-state index contributed by atoms with van der Waals surface area (Å²) in [5, 5.41) is 0.553. The minimum absolute atomic E-state index is 0.513. The number of hydrogen-bond acceptors (Lipinski definition) is 3. The molecule has 2 rings (SSSR count). The fraction of sp³-hybridized carbons (Fsp3) is 0.125. The second-order valence-corrected chi connectivity index (χ2v) is 4.44. The van der Waals surface area contributed by atoms with E-state index in [2.05, 4.69) is 4.98 Å². The van der Waals surface area contributed by atoms with E-state index >= 15 is 0 Å². The molecule has 0 radical (unpaired) electrons. The molecule has 2 aromatic rings. The Kier molecular flexibility index (Phi) is 2.32. The first-order valence-corrected chi connectivity index (χ1v) is 5.07. The van der Waals surface area contributed by atoms with Crippen LogP contribution in [0.15, 0.2) is 12.1 Å². The maximum Gasteiger partial charge on any atom is 0.184 e. The lowest BCUT2D eigenvalue weighted by Crippen LogP contribution is -1.82. The van der Waals surface area contributed by atoms with Crippen molar-refractivity contribution in [1.29, 1.82) is 0 Å². The van der Waals surface area contributed by atoms with E-state index in [-0.39, 0.29) is 0 Å². The summed E-state index contributed by atoms with van der Waals surface area (Å²) in [6, 6.07) is 3.58. The molecule has 0 aliphatic carbocycles. The summed E-state index contributed by atoms with van der Waals surface area (Å²) in [6.07, 6.45) is 0. The third-order valence-electron chi connectivity index (χ3n) is 1.64. The molecular formula is C8H5Cl2NOS. The van der Waals surface area contributed by atoms with Gasteiger partial charge in [0.25, 0.3) is 0 Å². The third-order valence-corrected chi connectivity index (χ3v) is 3.05. The number of halogens is 2. The van der Waals surface area contributed by atoms with Crippen molar-refractivity contribution < 1.29 is 4.74 Å². The number of benzene rings is 1. The second-order valence-electron chi connectivity index (χ2n) is 2.42. The molecular weight excluding hydrogens is 229 g/mol. The number of hydrogen-bond donors (Lipinski definition) is 0. The van der Waals surface area contributed by atoms with Crippen LogP contribution in [0.25, 0.3) is 10.2 Å². The smallest absolute Gasteiger partial charge is 0.184 e. The topological polar surface area (TPSA) is 22.1 Å². The van der Waals surface area contributed by atoms with Crippen molar-refractivity contribution in [2.45, 2.75) is 0 Å². The van der Waals surface area contributed by atoms with E-state index in [0.717, 1.165) is 10.2 Å². The van der Waals surface area contributed by atoms with Crippen molar-refractivity contribution in [3.63, 3.8) is 0 Å². The first kappa shape index (κ1) is 9.06.